The highest BCUT2D eigenvalue weighted by Gasteiger charge is 2.29. The Hall–Kier alpha value is -3.89. The predicted octanol–water partition coefficient (Wildman–Crippen LogP) is 4.44. The molecule has 5 rings (SSSR count). The Balaban J connectivity index is 1.31. The third kappa shape index (κ3) is 5.62. The van der Waals surface area contributed by atoms with Gasteiger partial charge in [-0.2, -0.15) is 4.98 Å². The Morgan fingerprint density at radius 2 is 1.87 bits per heavy atom. The number of fused-ring (bicyclic) bond motifs is 1. The minimum absolute atomic E-state index is 0.0290. The zero-order valence-corrected chi connectivity index (χ0v) is 23.4. The number of carbonyl (C=O) groups is 2. The van der Waals surface area contributed by atoms with E-state index in [4.69, 9.17) is 9.72 Å². The summed E-state index contributed by atoms with van der Waals surface area (Å²) >= 11 is 0. The molecule has 1 N–H and O–H groups in total. The van der Waals surface area contributed by atoms with E-state index < -0.39 is 0 Å². The van der Waals surface area contributed by atoms with Crippen LogP contribution in [0.2, 0.25) is 0 Å². The average molecular weight is 535 g/mol. The molecule has 0 unspecified atom stereocenters. The quantitative estimate of drug-likeness (QED) is 0.494. The van der Waals surface area contributed by atoms with Gasteiger partial charge in [0.2, 0.25) is 5.95 Å². The van der Waals surface area contributed by atoms with Crippen LogP contribution in [-0.2, 0) is 4.74 Å². The highest BCUT2D eigenvalue weighted by Crippen LogP contribution is 2.35. The van der Waals surface area contributed by atoms with Crippen molar-refractivity contribution in [3.63, 3.8) is 0 Å². The third-order valence-corrected chi connectivity index (χ3v) is 7.44. The van der Waals surface area contributed by atoms with E-state index >= 15 is 0 Å². The minimum Gasteiger partial charge on any atom is -0.447 e. The molecule has 1 atom stereocenters. The smallest absolute Gasteiger partial charge is 0.410 e. The average Bonchev–Trinajstić information content (AvgIpc) is 3.55. The van der Waals surface area contributed by atoms with E-state index in [1.54, 1.807) is 30.1 Å². The van der Waals surface area contributed by atoms with Gasteiger partial charge in [-0.1, -0.05) is 12.8 Å². The molecular weight excluding hydrogens is 496 g/mol. The van der Waals surface area contributed by atoms with Gasteiger partial charge in [-0.15, -0.1) is 0 Å². The van der Waals surface area contributed by atoms with Crippen LogP contribution in [0.15, 0.2) is 30.6 Å². The number of hydrogen-bond donors (Lipinski definition) is 1. The first kappa shape index (κ1) is 26.7. The number of rotatable bonds is 6. The van der Waals surface area contributed by atoms with E-state index in [1.165, 1.54) is 0 Å². The Kier molecular flexibility index (Phi) is 7.58. The van der Waals surface area contributed by atoms with Gasteiger partial charge in [-0.05, 0) is 51.8 Å². The lowest BCUT2D eigenvalue weighted by Gasteiger charge is -2.40. The largest absolute Gasteiger partial charge is 0.447 e. The maximum atomic E-state index is 12.9. The van der Waals surface area contributed by atoms with Gasteiger partial charge in [0.25, 0.3) is 5.91 Å². The van der Waals surface area contributed by atoms with Gasteiger partial charge >= 0.3 is 6.09 Å². The summed E-state index contributed by atoms with van der Waals surface area (Å²) in [4.78, 5) is 44.8. The molecule has 1 saturated carbocycles. The second-order valence-corrected chi connectivity index (χ2v) is 11.0. The van der Waals surface area contributed by atoms with Crippen molar-refractivity contribution < 1.29 is 14.3 Å². The second-order valence-electron chi connectivity index (χ2n) is 11.0. The van der Waals surface area contributed by atoms with Gasteiger partial charge in [-0.3, -0.25) is 4.79 Å². The van der Waals surface area contributed by atoms with E-state index in [0.29, 0.717) is 37.1 Å². The molecule has 2 amide bonds. The molecule has 2 fully saturated rings. The molecule has 4 heterocycles. The van der Waals surface area contributed by atoms with Crippen molar-refractivity contribution in [1.29, 1.82) is 0 Å². The van der Waals surface area contributed by atoms with Crippen molar-refractivity contribution in [3.05, 3.63) is 36.3 Å². The number of ether oxygens (including phenoxy) is 1. The summed E-state index contributed by atoms with van der Waals surface area (Å²) in [5.74, 6) is 1.04. The summed E-state index contributed by atoms with van der Waals surface area (Å²) in [5, 5.41) is 4.08. The van der Waals surface area contributed by atoms with Crippen LogP contribution in [0.1, 0.15) is 63.0 Å². The van der Waals surface area contributed by atoms with Gasteiger partial charge in [0.1, 0.15) is 17.2 Å². The van der Waals surface area contributed by atoms with E-state index in [9.17, 15) is 9.59 Å². The van der Waals surface area contributed by atoms with Gasteiger partial charge in [-0.25, -0.2) is 14.8 Å². The van der Waals surface area contributed by atoms with Crippen LogP contribution >= 0.6 is 0 Å². The van der Waals surface area contributed by atoms with Crippen LogP contribution in [0.25, 0.3) is 11.0 Å². The highest BCUT2D eigenvalue weighted by atomic mass is 16.6. The molecule has 0 aromatic carbocycles. The third-order valence-electron chi connectivity index (χ3n) is 7.44. The molecule has 0 radical (unpaired) electrons. The Bertz CT molecular complexity index is 1330. The number of aromatic nitrogens is 4. The number of carbonyl (C=O) groups excluding carboxylic acids is 2. The van der Waals surface area contributed by atoms with Crippen LogP contribution in [-0.4, -0.2) is 87.2 Å². The highest BCUT2D eigenvalue weighted by molar-refractivity contribution is 5.97. The van der Waals surface area contributed by atoms with Crippen LogP contribution in [0.3, 0.4) is 0 Å². The normalized spacial score (nSPS) is 18.2. The van der Waals surface area contributed by atoms with E-state index in [2.05, 4.69) is 24.8 Å². The molecule has 11 nitrogen and oxygen atoms in total. The summed E-state index contributed by atoms with van der Waals surface area (Å²) in [7, 11) is 3.54. The molecule has 11 heteroatoms. The summed E-state index contributed by atoms with van der Waals surface area (Å²) < 4.78 is 7.48. The zero-order valence-electron chi connectivity index (χ0n) is 23.4. The monoisotopic (exact) mass is 534 g/mol. The second kappa shape index (κ2) is 11.1. The first-order valence-corrected chi connectivity index (χ1v) is 13.8. The Morgan fingerprint density at radius 3 is 2.51 bits per heavy atom. The molecule has 3 aromatic rings. The number of nitrogens with zero attached hydrogens (tertiary/aromatic N) is 7. The molecule has 0 bridgehead atoms. The topological polar surface area (TPSA) is 109 Å². The summed E-state index contributed by atoms with van der Waals surface area (Å²) in [6, 6.07) is 6.11. The lowest BCUT2D eigenvalue weighted by atomic mass is 10.2. The zero-order chi connectivity index (χ0) is 27.7. The molecule has 1 saturated heterocycles. The lowest BCUT2D eigenvalue weighted by Crippen LogP contribution is -2.54. The number of nitrogens with one attached hydrogen (secondary N) is 1. The van der Waals surface area contributed by atoms with E-state index in [0.717, 1.165) is 42.4 Å². The molecule has 39 heavy (non-hydrogen) atoms. The van der Waals surface area contributed by atoms with Crippen molar-refractivity contribution in [2.75, 3.05) is 43.9 Å². The maximum absolute atomic E-state index is 12.9. The molecule has 2 aliphatic rings. The summed E-state index contributed by atoms with van der Waals surface area (Å²) in [6.07, 6.45) is 7.59. The summed E-state index contributed by atoms with van der Waals surface area (Å²) in [5.41, 5.74) is 2.41. The van der Waals surface area contributed by atoms with Gasteiger partial charge in [0, 0.05) is 57.4 Å². The number of hydrogen-bond acceptors (Lipinski definition) is 8. The van der Waals surface area contributed by atoms with Crippen molar-refractivity contribution in [2.24, 2.45) is 0 Å². The Morgan fingerprint density at radius 1 is 1.10 bits per heavy atom. The van der Waals surface area contributed by atoms with Crippen LogP contribution in [0.4, 0.5) is 22.2 Å². The van der Waals surface area contributed by atoms with Crippen molar-refractivity contribution in [3.8, 4) is 0 Å². The molecule has 3 aromatic heterocycles. The predicted molar refractivity (Wildman–Crippen MR) is 151 cm³/mol. The number of amides is 2. The van der Waals surface area contributed by atoms with E-state index in [-0.39, 0.29) is 30.2 Å². The number of pyridine rings is 1. The number of piperazine rings is 1. The fourth-order valence-corrected chi connectivity index (χ4v) is 5.49. The molecule has 1 aliphatic carbocycles. The molecule has 0 spiro atoms. The minimum atomic E-state index is -0.260. The standard InChI is InChI=1S/C28H38N8O3/c1-18(2)39-28(38)35-13-12-34(17-19(35)3)22-10-11-24(29-16-22)31-27-30-15-20-14-23(26(37)33(4)5)36(25(20)32-27)21-8-6-7-9-21/h10-11,14-16,18-19,21H,6-9,12-13,17H2,1-5H3,(H,29,30,31,32)/t19-/m0/s1. The first-order valence-electron chi connectivity index (χ1n) is 13.8. The Labute approximate surface area is 229 Å². The van der Waals surface area contributed by atoms with Crippen molar-refractivity contribution >= 4 is 40.5 Å². The first-order chi connectivity index (χ1) is 18.7. The summed E-state index contributed by atoms with van der Waals surface area (Å²) in [6.45, 7) is 7.76. The van der Waals surface area contributed by atoms with Gasteiger partial charge in [0.05, 0.1) is 18.0 Å². The number of anilines is 3. The SMILES string of the molecule is CC(C)OC(=O)N1CCN(c2ccc(Nc3ncc4cc(C(=O)N(C)C)n(C5CCCC5)c4n3)nc2)C[C@@H]1C. The van der Waals surface area contributed by atoms with E-state index in [1.807, 2.05) is 45.2 Å². The van der Waals surface area contributed by atoms with Gasteiger partial charge in [0.15, 0.2) is 0 Å². The van der Waals surface area contributed by atoms with Crippen LogP contribution in [0.5, 0.6) is 0 Å². The van der Waals surface area contributed by atoms with Crippen LogP contribution in [0, 0.1) is 0 Å². The maximum Gasteiger partial charge on any atom is 0.410 e. The lowest BCUT2D eigenvalue weighted by molar-refractivity contribution is 0.0625. The molecule has 1 aliphatic heterocycles. The van der Waals surface area contributed by atoms with Crippen molar-refractivity contribution in [1.82, 2.24) is 29.3 Å². The fourth-order valence-electron chi connectivity index (χ4n) is 5.49. The van der Waals surface area contributed by atoms with Gasteiger partial charge < -0.3 is 29.3 Å². The van der Waals surface area contributed by atoms with Crippen LogP contribution < -0.4 is 10.2 Å². The van der Waals surface area contributed by atoms with Crippen molar-refractivity contribution in [2.45, 2.75) is 64.6 Å². The molecule has 208 valence electrons. The fraction of sp³-hybridized carbons (Fsp3) is 0.536. The molecular formula is C28H38N8O3.